The number of para-hydroxylation sites is 1. The molecule has 132 valence electrons. The van der Waals surface area contributed by atoms with Gasteiger partial charge < -0.3 is 9.64 Å². The third kappa shape index (κ3) is 4.31. The number of ether oxygens (including phenoxy) is 1. The Hall–Kier alpha value is -2.07. The van der Waals surface area contributed by atoms with Crippen molar-refractivity contribution in [2.45, 2.75) is 33.3 Å². The molecule has 1 fully saturated rings. The van der Waals surface area contributed by atoms with Crippen molar-refractivity contribution >= 4 is 17.5 Å². The highest BCUT2D eigenvalue weighted by atomic mass is 35.5. The number of rotatable bonds is 4. The Labute approximate surface area is 153 Å². The van der Waals surface area contributed by atoms with E-state index in [1.807, 2.05) is 30.0 Å². The number of amides is 1. The summed E-state index contributed by atoms with van der Waals surface area (Å²) in [5.74, 6) is 1.42. The zero-order valence-electron chi connectivity index (χ0n) is 14.7. The summed E-state index contributed by atoms with van der Waals surface area (Å²) >= 11 is 6.19. The van der Waals surface area contributed by atoms with E-state index in [-0.39, 0.29) is 5.91 Å². The molecule has 0 N–H and O–H groups in total. The highest BCUT2D eigenvalue weighted by molar-refractivity contribution is 6.32. The summed E-state index contributed by atoms with van der Waals surface area (Å²) in [7, 11) is 0. The summed E-state index contributed by atoms with van der Waals surface area (Å²) in [6.45, 7) is 6.16. The molecule has 1 aliphatic rings. The third-order valence-electron chi connectivity index (χ3n) is 4.66. The Morgan fingerprint density at radius 3 is 2.80 bits per heavy atom. The number of benzene rings is 1. The second-order valence-corrected chi connectivity index (χ2v) is 7.14. The second-order valence-electron chi connectivity index (χ2n) is 6.73. The predicted octanol–water partition coefficient (Wildman–Crippen LogP) is 4.49. The van der Waals surface area contributed by atoms with Gasteiger partial charge in [0.25, 0.3) is 5.91 Å². The van der Waals surface area contributed by atoms with E-state index >= 15 is 0 Å². The van der Waals surface area contributed by atoms with Crippen LogP contribution in [0.5, 0.6) is 5.75 Å². The van der Waals surface area contributed by atoms with E-state index in [0.717, 1.165) is 37.1 Å². The number of carbonyl (C=O) groups excluding carboxylic acids is 1. The van der Waals surface area contributed by atoms with Gasteiger partial charge in [0.15, 0.2) is 0 Å². The molecule has 25 heavy (non-hydrogen) atoms. The molecule has 5 heteroatoms. The van der Waals surface area contributed by atoms with Crippen LogP contribution in [0.15, 0.2) is 36.7 Å². The van der Waals surface area contributed by atoms with Gasteiger partial charge in [0, 0.05) is 31.0 Å². The Bertz CT molecular complexity index is 735. The van der Waals surface area contributed by atoms with Crippen LogP contribution in [-0.2, 0) is 6.61 Å². The van der Waals surface area contributed by atoms with Gasteiger partial charge in [-0.05, 0) is 43.4 Å². The Balaban J connectivity index is 1.68. The fraction of sp³-hybridized carbons (Fsp3) is 0.400. The second kappa shape index (κ2) is 7.87. The minimum absolute atomic E-state index is 0.0511. The van der Waals surface area contributed by atoms with Crippen LogP contribution in [0, 0.1) is 12.8 Å². The highest BCUT2D eigenvalue weighted by Crippen LogP contribution is 2.28. The average Bonchev–Trinajstić information content (AvgIpc) is 2.62. The zero-order chi connectivity index (χ0) is 17.8. The van der Waals surface area contributed by atoms with Crippen LogP contribution >= 0.6 is 11.6 Å². The summed E-state index contributed by atoms with van der Waals surface area (Å²) in [4.78, 5) is 18.8. The van der Waals surface area contributed by atoms with Gasteiger partial charge in [-0.3, -0.25) is 9.78 Å². The molecule has 0 bridgehead atoms. The summed E-state index contributed by atoms with van der Waals surface area (Å²) < 4.78 is 5.85. The lowest BCUT2D eigenvalue weighted by Gasteiger charge is -2.30. The van der Waals surface area contributed by atoms with Crippen molar-refractivity contribution in [3.8, 4) is 5.75 Å². The molecule has 0 saturated carbocycles. The van der Waals surface area contributed by atoms with Gasteiger partial charge >= 0.3 is 0 Å². The maximum absolute atomic E-state index is 12.7. The predicted molar refractivity (Wildman–Crippen MR) is 99.1 cm³/mol. The standard InChI is InChI=1S/C20H23ClN2O2/c1-14-6-8-23(9-7-14)20(24)17-10-16(11-22-12-17)13-25-19-15(2)4-3-5-18(19)21/h3-5,10-12,14H,6-9,13H2,1-2H3. The smallest absolute Gasteiger partial charge is 0.255 e. The molecule has 2 heterocycles. The van der Waals surface area contributed by atoms with Crippen LogP contribution in [0.1, 0.15) is 41.3 Å². The average molecular weight is 359 g/mol. The minimum Gasteiger partial charge on any atom is -0.487 e. The number of likely N-dealkylation sites (tertiary alicyclic amines) is 1. The molecule has 0 atom stereocenters. The van der Waals surface area contributed by atoms with E-state index in [9.17, 15) is 4.79 Å². The molecule has 0 aliphatic carbocycles. The van der Waals surface area contributed by atoms with E-state index in [2.05, 4.69) is 11.9 Å². The summed E-state index contributed by atoms with van der Waals surface area (Å²) in [5.41, 5.74) is 2.46. The number of carbonyl (C=O) groups is 1. The topological polar surface area (TPSA) is 42.4 Å². The fourth-order valence-electron chi connectivity index (χ4n) is 3.03. The lowest BCUT2D eigenvalue weighted by molar-refractivity contribution is 0.0696. The zero-order valence-corrected chi connectivity index (χ0v) is 15.4. The fourth-order valence-corrected chi connectivity index (χ4v) is 3.31. The third-order valence-corrected chi connectivity index (χ3v) is 4.96. The van der Waals surface area contributed by atoms with Crippen LogP contribution in [-0.4, -0.2) is 28.9 Å². The summed E-state index contributed by atoms with van der Waals surface area (Å²) in [5, 5.41) is 0.586. The van der Waals surface area contributed by atoms with Crippen LogP contribution < -0.4 is 4.74 Å². The number of aromatic nitrogens is 1. The van der Waals surface area contributed by atoms with Crippen molar-refractivity contribution in [1.29, 1.82) is 0 Å². The van der Waals surface area contributed by atoms with Crippen molar-refractivity contribution in [3.05, 3.63) is 58.4 Å². The SMILES string of the molecule is Cc1cccc(Cl)c1OCc1cncc(C(=O)N2CCC(C)CC2)c1. The lowest BCUT2D eigenvalue weighted by Crippen LogP contribution is -2.38. The van der Waals surface area contributed by atoms with Gasteiger partial charge in [0.2, 0.25) is 0 Å². The minimum atomic E-state index is 0.0511. The van der Waals surface area contributed by atoms with E-state index in [1.54, 1.807) is 18.5 Å². The molecule has 3 rings (SSSR count). The quantitative estimate of drug-likeness (QED) is 0.808. The number of hydrogen-bond acceptors (Lipinski definition) is 3. The number of hydrogen-bond donors (Lipinski definition) is 0. The maximum atomic E-state index is 12.7. The van der Waals surface area contributed by atoms with Crippen LogP contribution in [0.3, 0.4) is 0 Å². The van der Waals surface area contributed by atoms with Crippen molar-refractivity contribution < 1.29 is 9.53 Å². The van der Waals surface area contributed by atoms with E-state index in [4.69, 9.17) is 16.3 Å². The van der Waals surface area contributed by atoms with Crippen molar-refractivity contribution in [1.82, 2.24) is 9.88 Å². The number of nitrogens with zero attached hydrogens (tertiary/aromatic N) is 2. The monoisotopic (exact) mass is 358 g/mol. The largest absolute Gasteiger partial charge is 0.487 e. The van der Waals surface area contributed by atoms with E-state index < -0.39 is 0 Å². The number of halogens is 1. The summed E-state index contributed by atoms with van der Waals surface area (Å²) in [6.07, 6.45) is 5.48. The number of piperidine rings is 1. The maximum Gasteiger partial charge on any atom is 0.255 e. The molecule has 1 saturated heterocycles. The van der Waals surface area contributed by atoms with Crippen molar-refractivity contribution in [2.24, 2.45) is 5.92 Å². The molecule has 2 aromatic rings. The van der Waals surface area contributed by atoms with Gasteiger partial charge in [-0.1, -0.05) is 30.7 Å². The van der Waals surface area contributed by atoms with Crippen molar-refractivity contribution in [3.63, 3.8) is 0 Å². The first-order valence-corrected chi connectivity index (χ1v) is 9.03. The van der Waals surface area contributed by atoms with Gasteiger partial charge in [0.05, 0.1) is 10.6 Å². The van der Waals surface area contributed by atoms with Crippen LogP contribution in [0.25, 0.3) is 0 Å². The lowest BCUT2D eigenvalue weighted by atomic mass is 9.99. The Kier molecular flexibility index (Phi) is 5.59. The first-order chi connectivity index (χ1) is 12.0. The Morgan fingerprint density at radius 1 is 1.32 bits per heavy atom. The van der Waals surface area contributed by atoms with Gasteiger partial charge in [0.1, 0.15) is 12.4 Å². The first-order valence-electron chi connectivity index (χ1n) is 8.65. The molecule has 1 aromatic heterocycles. The molecule has 4 nitrogen and oxygen atoms in total. The molecule has 1 aliphatic heterocycles. The highest BCUT2D eigenvalue weighted by Gasteiger charge is 2.21. The van der Waals surface area contributed by atoms with Gasteiger partial charge in [-0.2, -0.15) is 0 Å². The molecule has 1 amide bonds. The van der Waals surface area contributed by atoms with Gasteiger partial charge in [-0.15, -0.1) is 0 Å². The molecule has 0 radical (unpaired) electrons. The summed E-state index contributed by atoms with van der Waals surface area (Å²) in [6, 6.07) is 7.51. The van der Waals surface area contributed by atoms with Crippen molar-refractivity contribution in [2.75, 3.05) is 13.1 Å². The normalized spacial score (nSPS) is 15.2. The molecular weight excluding hydrogens is 336 g/mol. The Morgan fingerprint density at radius 2 is 2.08 bits per heavy atom. The van der Waals surface area contributed by atoms with Crippen LogP contribution in [0.4, 0.5) is 0 Å². The molecule has 1 aromatic carbocycles. The number of aryl methyl sites for hydroxylation is 1. The first kappa shape index (κ1) is 17.7. The van der Waals surface area contributed by atoms with Crippen LogP contribution in [0.2, 0.25) is 5.02 Å². The van der Waals surface area contributed by atoms with E-state index in [1.165, 1.54) is 0 Å². The number of pyridine rings is 1. The van der Waals surface area contributed by atoms with Gasteiger partial charge in [-0.25, -0.2) is 0 Å². The molecule has 0 spiro atoms. The van der Waals surface area contributed by atoms with E-state index in [0.29, 0.717) is 28.9 Å². The molecule has 0 unspecified atom stereocenters. The molecular formula is C20H23ClN2O2.